The maximum Gasteiger partial charge on any atom is 0.187 e. The van der Waals surface area contributed by atoms with Crippen molar-refractivity contribution >= 4 is 45.3 Å². The van der Waals surface area contributed by atoms with E-state index >= 15 is 0 Å². The van der Waals surface area contributed by atoms with Gasteiger partial charge < -0.3 is 0 Å². The predicted octanol–water partition coefficient (Wildman–Crippen LogP) is 4.67. The fraction of sp³-hybridized carbons (Fsp3) is 0.133. The molecule has 0 bridgehead atoms. The highest BCUT2D eigenvalue weighted by Crippen LogP contribution is 2.28. The molecular weight excluding hydrogens is 392 g/mol. The Labute approximate surface area is 184 Å². The molecule has 0 spiro atoms. The summed E-state index contributed by atoms with van der Waals surface area (Å²) in [6.07, 6.45) is 11.9. The standard InChI is InChI=1S/C30H20O2/c31-28-7-3-6-19-11-22-15-26-20(12-21(22)14-25(19)28)8-9-24-29(32)16-23-10-17-4-1-2-5-18(17)13-27(23)30(24)26/h3,6-16H,1-2,4-5H2. The number of hydrogen-bond acceptors (Lipinski definition) is 2. The smallest absolute Gasteiger partial charge is 0.187 e. The lowest BCUT2D eigenvalue weighted by Crippen LogP contribution is -2.18. The third-order valence-corrected chi connectivity index (χ3v) is 7.27. The van der Waals surface area contributed by atoms with Gasteiger partial charge in [-0.1, -0.05) is 30.4 Å². The summed E-state index contributed by atoms with van der Waals surface area (Å²) in [6.45, 7) is 0. The number of allylic oxidation sites excluding steroid dienone is 2. The molecule has 2 heteroatoms. The van der Waals surface area contributed by atoms with Crippen LogP contribution in [0.2, 0.25) is 0 Å². The van der Waals surface area contributed by atoms with Crippen molar-refractivity contribution in [2.45, 2.75) is 25.7 Å². The van der Waals surface area contributed by atoms with Crippen LogP contribution in [0.1, 0.15) is 44.7 Å². The molecule has 0 fully saturated rings. The second kappa shape index (κ2) is 6.37. The van der Waals surface area contributed by atoms with Gasteiger partial charge >= 0.3 is 0 Å². The van der Waals surface area contributed by atoms with Gasteiger partial charge in [-0.2, -0.15) is 0 Å². The molecule has 4 aromatic carbocycles. The minimum absolute atomic E-state index is 0.0507. The van der Waals surface area contributed by atoms with E-state index in [0.29, 0.717) is 0 Å². The number of ketones is 2. The fourth-order valence-corrected chi connectivity index (χ4v) is 5.68. The Bertz CT molecular complexity index is 1800. The lowest BCUT2D eigenvalue weighted by atomic mass is 9.87. The molecule has 152 valence electrons. The van der Waals surface area contributed by atoms with Crippen LogP contribution in [-0.4, -0.2) is 11.6 Å². The first-order chi connectivity index (χ1) is 15.7. The van der Waals surface area contributed by atoms with Crippen LogP contribution < -0.4 is 10.4 Å². The number of hydrogen-bond donors (Lipinski definition) is 0. The summed E-state index contributed by atoms with van der Waals surface area (Å²) in [7, 11) is 0. The van der Waals surface area contributed by atoms with E-state index in [-0.39, 0.29) is 11.6 Å². The SMILES string of the molecule is O=C1C=CC=c2cc3cc4c5c(ccc4cc3cc21)C(=O)C=c1cc2c(cc1=5)CCCC2. The van der Waals surface area contributed by atoms with Crippen molar-refractivity contribution in [3.63, 3.8) is 0 Å². The van der Waals surface area contributed by atoms with Crippen LogP contribution in [0.15, 0.2) is 60.7 Å². The third kappa shape index (κ3) is 2.47. The van der Waals surface area contributed by atoms with E-state index in [1.807, 2.05) is 36.4 Å². The molecule has 0 aliphatic heterocycles. The molecule has 3 aliphatic carbocycles. The molecule has 0 atom stereocenters. The second-order valence-corrected chi connectivity index (χ2v) is 9.16. The van der Waals surface area contributed by atoms with E-state index < -0.39 is 0 Å². The lowest BCUT2D eigenvalue weighted by molar-refractivity contribution is 0.104. The first kappa shape index (κ1) is 17.9. The van der Waals surface area contributed by atoms with Gasteiger partial charge in [0.25, 0.3) is 0 Å². The van der Waals surface area contributed by atoms with Crippen LogP contribution in [0.5, 0.6) is 0 Å². The summed E-state index contributed by atoms with van der Waals surface area (Å²) < 4.78 is 0. The number of benzene rings is 4. The Kier molecular flexibility index (Phi) is 3.55. The van der Waals surface area contributed by atoms with Crippen molar-refractivity contribution in [3.8, 4) is 0 Å². The summed E-state index contributed by atoms with van der Waals surface area (Å²) in [4.78, 5) is 25.4. The molecule has 0 amide bonds. The van der Waals surface area contributed by atoms with Crippen molar-refractivity contribution in [2.24, 2.45) is 0 Å². The summed E-state index contributed by atoms with van der Waals surface area (Å²) in [5, 5.41) is 8.56. The van der Waals surface area contributed by atoms with Crippen LogP contribution in [0.4, 0.5) is 0 Å². The highest BCUT2D eigenvalue weighted by atomic mass is 16.1. The van der Waals surface area contributed by atoms with Gasteiger partial charge in [-0.15, -0.1) is 0 Å². The Morgan fingerprint density at radius 2 is 1.47 bits per heavy atom. The van der Waals surface area contributed by atoms with Crippen LogP contribution in [0, 0.1) is 10.4 Å². The third-order valence-electron chi connectivity index (χ3n) is 7.27. The highest BCUT2D eigenvalue weighted by molar-refractivity contribution is 6.19. The molecule has 0 unspecified atom stereocenters. The second-order valence-electron chi connectivity index (χ2n) is 9.16. The summed E-state index contributed by atoms with van der Waals surface area (Å²) >= 11 is 0. The first-order valence-corrected chi connectivity index (χ1v) is 11.3. The van der Waals surface area contributed by atoms with Crippen LogP contribution in [0.25, 0.3) is 33.7 Å². The fourth-order valence-electron chi connectivity index (χ4n) is 5.68. The van der Waals surface area contributed by atoms with Crippen LogP contribution >= 0.6 is 0 Å². The zero-order valence-electron chi connectivity index (χ0n) is 17.6. The molecule has 0 saturated carbocycles. The molecule has 3 aliphatic rings. The molecule has 0 saturated heterocycles. The Morgan fingerprint density at radius 1 is 0.656 bits per heavy atom. The van der Waals surface area contributed by atoms with E-state index in [2.05, 4.69) is 30.3 Å². The molecule has 0 heterocycles. The van der Waals surface area contributed by atoms with Gasteiger partial charge in [0.05, 0.1) is 0 Å². The number of fused-ring (bicyclic) bond motifs is 7. The van der Waals surface area contributed by atoms with E-state index in [1.54, 1.807) is 6.08 Å². The van der Waals surface area contributed by atoms with Gasteiger partial charge in [0.1, 0.15) is 0 Å². The van der Waals surface area contributed by atoms with Crippen LogP contribution in [0.3, 0.4) is 0 Å². The summed E-state index contributed by atoms with van der Waals surface area (Å²) in [6, 6.07) is 17.0. The number of rotatable bonds is 0. The lowest BCUT2D eigenvalue weighted by Gasteiger charge is -2.17. The van der Waals surface area contributed by atoms with E-state index in [9.17, 15) is 9.59 Å². The van der Waals surface area contributed by atoms with Gasteiger partial charge in [-0.05, 0) is 116 Å². The van der Waals surface area contributed by atoms with E-state index in [4.69, 9.17) is 0 Å². The van der Waals surface area contributed by atoms with Gasteiger partial charge in [-0.25, -0.2) is 0 Å². The average molecular weight is 412 g/mol. The Balaban J connectivity index is 1.67. The zero-order chi connectivity index (χ0) is 21.4. The normalized spacial score (nSPS) is 16.1. The minimum Gasteiger partial charge on any atom is -0.289 e. The van der Waals surface area contributed by atoms with Gasteiger partial charge in [0.15, 0.2) is 11.6 Å². The Morgan fingerprint density at radius 3 is 2.34 bits per heavy atom. The van der Waals surface area contributed by atoms with Crippen molar-refractivity contribution < 1.29 is 9.59 Å². The highest BCUT2D eigenvalue weighted by Gasteiger charge is 2.17. The predicted molar refractivity (Wildman–Crippen MR) is 128 cm³/mol. The largest absolute Gasteiger partial charge is 0.289 e. The number of Topliss-reactive ketones (excluding diaryl/α,β-unsaturated/α-hetero) is 1. The van der Waals surface area contributed by atoms with Crippen LogP contribution in [-0.2, 0) is 12.8 Å². The van der Waals surface area contributed by atoms with Crippen molar-refractivity contribution in [1.82, 2.24) is 0 Å². The number of carbonyl (C=O) groups excluding carboxylic acids is 2. The summed E-state index contributed by atoms with van der Waals surface area (Å²) in [5.74, 6) is 0.134. The first-order valence-electron chi connectivity index (χ1n) is 11.3. The molecule has 7 rings (SSSR count). The van der Waals surface area contributed by atoms with Crippen molar-refractivity contribution in [3.05, 3.63) is 104 Å². The van der Waals surface area contributed by atoms with Gasteiger partial charge in [-0.3, -0.25) is 9.59 Å². The molecule has 0 aromatic heterocycles. The maximum atomic E-state index is 13.0. The van der Waals surface area contributed by atoms with Crippen molar-refractivity contribution in [1.29, 1.82) is 0 Å². The number of carbonyl (C=O) groups is 2. The van der Waals surface area contributed by atoms with Gasteiger partial charge in [0, 0.05) is 16.3 Å². The molecule has 0 N–H and O–H groups in total. The number of aryl methyl sites for hydroxylation is 2. The minimum atomic E-state index is 0.0507. The van der Waals surface area contributed by atoms with E-state index in [0.717, 1.165) is 61.2 Å². The molecule has 4 aromatic rings. The molecular formula is C30H20O2. The quantitative estimate of drug-likeness (QED) is 0.394. The summed E-state index contributed by atoms with van der Waals surface area (Å²) in [5.41, 5.74) is 4.35. The van der Waals surface area contributed by atoms with Crippen molar-refractivity contribution in [2.75, 3.05) is 0 Å². The zero-order valence-corrected chi connectivity index (χ0v) is 17.6. The maximum absolute atomic E-state index is 13.0. The van der Waals surface area contributed by atoms with E-state index in [1.165, 1.54) is 29.2 Å². The Hall–Kier alpha value is -3.78. The topological polar surface area (TPSA) is 34.1 Å². The molecule has 2 nitrogen and oxygen atoms in total. The monoisotopic (exact) mass is 412 g/mol. The molecule has 32 heavy (non-hydrogen) atoms. The van der Waals surface area contributed by atoms with Gasteiger partial charge in [0.2, 0.25) is 0 Å². The average Bonchev–Trinajstić information content (AvgIpc) is 2.80. The molecule has 0 radical (unpaired) electrons.